The van der Waals surface area contributed by atoms with Crippen molar-refractivity contribution < 1.29 is 13.2 Å². The SMILES string of the molecule is CCN(Cc1cnc(S(=O)(=O)Cc2ccccc2C)n1CC(C)C)C(=O)c1ccccc1. The van der Waals surface area contributed by atoms with Gasteiger partial charge in [-0.2, -0.15) is 0 Å². The van der Waals surface area contributed by atoms with Gasteiger partial charge in [0, 0.05) is 18.7 Å². The summed E-state index contributed by atoms with van der Waals surface area (Å²) in [4.78, 5) is 19.0. The van der Waals surface area contributed by atoms with E-state index in [0.717, 1.165) is 11.1 Å². The first-order valence-electron chi connectivity index (χ1n) is 10.9. The zero-order valence-corrected chi connectivity index (χ0v) is 20.0. The lowest BCUT2D eigenvalue weighted by molar-refractivity contribution is 0.0748. The average molecular weight is 454 g/mol. The molecule has 0 fully saturated rings. The maximum absolute atomic E-state index is 13.3. The molecule has 0 aliphatic heterocycles. The third-order valence-corrected chi connectivity index (χ3v) is 6.95. The van der Waals surface area contributed by atoms with Crippen LogP contribution in [0.2, 0.25) is 0 Å². The summed E-state index contributed by atoms with van der Waals surface area (Å²) in [6.07, 6.45) is 1.59. The molecule has 6 nitrogen and oxygen atoms in total. The van der Waals surface area contributed by atoms with Gasteiger partial charge in [0.05, 0.1) is 24.2 Å². The molecule has 0 saturated carbocycles. The number of imidazole rings is 1. The number of hydrogen-bond acceptors (Lipinski definition) is 4. The first-order valence-corrected chi connectivity index (χ1v) is 12.5. The number of rotatable bonds is 9. The molecule has 0 saturated heterocycles. The molecule has 0 unspecified atom stereocenters. The zero-order valence-electron chi connectivity index (χ0n) is 19.2. The number of hydrogen-bond donors (Lipinski definition) is 0. The van der Waals surface area contributed by atoms with Crippen molar-refractivity contribution in [1.29, 1.82) is 0 Å². The monoisotopic (exact) mass is 453 g/mol. The molecular formula is C25H31N3O3S. The average Bonchev–Trinajstić information content (AvgIpc) is 3.16. The van der Waals surface area contributed by atoms with Crippen LogP contribution in [0.25, 0.3) is 0 Å². The standard InChI is InChI=1S/C25H31N3O3S/c1-5-27(24(29)21-12-7-6-8-13-21)17-23-15-26-25(28(23)16-19(2)3)32(30,31)18-22-14-10-9-11-20(22)4/h6-15,19H,5,16-18H2,1-4H3. The molecule has 7 heteroatoms. The van der Waals surface area contributed by atoms with Crippen LogP contribution in [0.3, 0.4) is 0 Å². The van der Waals surface area contributed by atoms with Crippen LogP contribution in [0.15, 0.2) is 66.0 Å². The summed E-state index contributed by atoms with van der Waals surface area (Å²) < 4.78 is 28.4. The summed E-state index contributed by atoms with van der Waals surface area (Å²) in [5, 5.41) is 0.0627. The van der Waals surface area contributed by atoms with Gasteiger partial charge in [0.25, 0.3) is 5.91 Å². The Kier molecular flexibility index (Phi) is 7.51. The third-order valence-electron chi connectivity index (χ3n) is 5.38. The molecule has 1 heterocycles. The normalized spacial score (nSPS) is 11.7. The van der Waals surface area contributed by atoms with Gasteiger partial charge in [0.1, 0.15) is 0 Å². The van der Waals surface area contributed by atoms with E-state index in [-0.39, 0.29) is 22.7 Å². The number of sulfone groups is 1. The molecule has 0 radical (unpaired) electrons. The molecule has 0 atom stereocenters. The summed E-state index contributed by atoms with van der Waals surface area (Å²) in [7, 11) is -3.66. The molecule has 0 aliphatic rings. The number of aromatic nitrogens is 2. The second-order valence-electron chi connectivity index (χ2n) is 8.41. The second-order valence-corrected chi connectivity index (χ2v) is 10.3. The second kappa shape index (κ2) is 10.1. The van der Waals surface area contributed by atoms with Crippen LogP contribution >= 0.6 is 0 Å². The van der Waals surface area contributed by atoms with Gasteiger partial charge >= 0.3 is 0 Å². The Morgan fingerprint density at radius 3 is 2.34 bits per heavy atom. The Labute approximate surface area is 190 Å². The molecule has 3 rings (SSSR count). The van der Waals surface area contributed by atoms with Crippen LogP contribution in [0.1, 0.15) is 48.0 Å². The van der Waals surface area contributed by atoms with Crippen molar-refractivity contribution in [1.82, 2.24) is 14.5 Å². The van der Waals surface area contributed by atoms with Crippen molar-refractivity contribution in [2.45, 2.75) is 51.7 Å². The molecule has 2 aromatic carbocycles. The highest BCUT2D eigenvalue weighted by Crippen LogP contribution is 2.22. The van der Waals surface area contributed by atoms with E-state index in [4.69, 9.17) is 0 Å². The van der Waals surface area contributed by atoms with Gasteiger partial charge < -0.3 is 9.47 Å². The first kappa shape index (κ1) is 23.7. The van der Waals surface area contributed by atoms with Crippen molar-refractivity contribution >= 4 is 15.7 Å². The number of nitrogens with zero attached hydrogens (tertiary/aromatic N) is 3. The molecule has 0 aliphatic carbocycles. The van der Waals surface area contributed by atoms with E-state index < -0.39 is 9.84 Å². The molecular weight excluding hydrogens is 422 g/mol. The number of carbonyl (C=O) groups excluding carboxylic acids is 1. The van der Waals surface area contributed by atoms with Gasteiger partial charge in [0.15, 0.2) is 0 Å². The number of aryl methyl sites for hydroxylation is 1. The van der Waals surface area contributed by atoms with E-state index in [0.29, 0.717) is 30.9 Å². The fraction of sp³-hybridized carbons (Fsp3) is 0.360. The van der Waals surface area contributed by atoms with Crippen molar-refractivity contribution in [3.63, 3.8) is 0 Å². The van der Waals surface area contributed by atoms with Gasteiger partial charge in [-0.3, -0.25) is 4.79 Å². The maximum atomic E-state index is 13.3. The lowest BCUT2D eigenvalue weighted by Crippen LogP contribution is -2.31. The fourth-order valence-electron chi connectivity index (χ4n) is 3.65. The minimum absolute atomic E-state index is 0.0627. The van der Waals surface area contributed by atoms with E-state index in [9.17, 15) is 13.2 Å². The highest BCUT2D eigenvalue weighted by molar-refractivity contribution is 7.90. The van der Waals surface area contributed by atoms with Crippen LogP contribution in [-0.2, 0) is 28.7 Å². The molecule has 1 amide bonds. The lowest BCUT2D eigenvalue weighted by Gasteiger charge is -2.23. The smallest absolute Gasteiger partial charge is 0.254 e. The first-order chi connectivity index (χ1) is 15.2. The third kappa shape index (κ3) is 5.46. The van der Waals surface area contributed by atoms with E-state index in [2.05, 4.69) is 4.98 Å². The van der Waals surface area contributed by atoms with E-state index in [1.807, 2.05) is 70.2 Å². The number of carbonyl (C=O) groups is 1. The maximum Gasteiger partial charge on any atom is 0.254 e. The Hall–Kier alpha value is -2.93. The quantitative estimate of drug-likeness (QED) is 0.479. The van der Waals surface area contributed by atoms with Gasteiger partial charge in [-0.05, 0) is 43.0 Å². The Morgan fingerprint density at radius 1 is 1.06 bits per heavy atom. The van der Waals surface area contributed by atoms with Gasteiger partial charge in [-0.15, -0.1) is 0 Å². The fourth-order valence-corrected chi connectivity index (χ4v) is 5.26. The lowest BCUT2D eigenvalue weighted by atomic mass is 10.1. The highest BCUT2D eigenvalue weighted by atomic mass is 32.2. The van der Waals surface area contributed by atoms with Crippen LogP contribution in [0, 0.1) is 12.8 Å². The predicted molar refractivity (Wildman–Crippen MR) is 126 cm³/mol. The van der Waals surface area contributed by atoms with Crippen LogP contribution in [-0.4, -0.2) is 35.3 Å². The molecule has 3 aromatic rings. The van der Waals surface area contributed by atoms with Crippen molar-refractivity contribution in [3.8, 4) is 0 Å². The minimum Gasteiger partial charge on any atom is -0.333 e. The van der Waals surface area contributed by atoms with Crippen molar-refractivity contribution in [2.24, 2.45) is 5.92 Å². The van der Waals surface area contributed by atoms with Crippen LogP contribution in [0.5, 0.6) is 0 Å². The van der Waals surface area contributed by atoms with Gasteiger partial charge in [0.2, 0.25) is 15.0 Å². The summed E-state index contributed by atoms with van der Waals surface area (Å²) in [5.41, 5.74) is 3.02. The highest BCUT2D eigenvalue weighted by Gasteiger charge is 2.26. The summed E-state index contributed by atoms with van der Waals surface area (Å²) in [6, 6.07) is 16.6. The van der Waals surface area contributed by atoms with E-state index in [1.165, 1.54) is 0 Å². The summed E-state index contributed by atoms with van der Waals surface area (Å²) in [5.74, 6) is 0.0271. The minimum atomic E-state index is -3.66. The summed E-state index contributed by atoms with van der Waals surface area (Å²) in [6.45, 7) is 9.21. The van der Waals surface area contributed by atoms with Gasteiger partial charge in [-0.25, -0.2) is 13.4 Å². The Balaban J connectivity index is 1.94. The predicted octanol–water partition coefficient (Wildman–Crippen LogP) is 4.48. The molecule has 0 bridgehead atoms. The van der Waals surface area contributed by atoms with E-state index in [1.54, 1.807) is 27.8 Å². The van der Waals surface area contributed by atoms with Crippen molar-refractivity contribution in [3.05, 3.63) is 83.2 Å². The Bertz CT molecular complexity index is 1170. The molecule has 32 heavy (non-hydrogen) atoms. The van der Waals surface area contributed by atoms with E-state index >= 15 is 0 Å². The summed E-state index contributed by atoms with van der Waals surface area (Å²) >= 11 is 0. The molecule has 170 valence electrons. The zero-order chi connectivity index (χ0) is 23.3. The van der Waals surface area contributed by atoms with Crippen molar-refractivity contribution in [2.75, 3.05) is 6.54 Å². The Morgan fingerprint density at radius 2 is 1.72 bits per heavy atom. The topological polar surface area (TPSA) is 72.3 Å². The van der Waals surface area contributed by atoms with Gasteiger partial charge in [-0.1, -0.05) is 56.3 Å². The number of benzene rings is 2. The largest absolute Gasteiger partial charge is 0.333 e. The van der Waals surface area contributed by atoms with Crippen LogP contribution < -0.4 is 0 Å². The molecule has 0 spiro atoms. The molecule has 0 N–H and O–H groups in total. The molecule has 1 aromatic heterocycles. The van der Waals surface area contributed by atoms with Crippen LogP contribution in [0.4, 0.5) is 0 Å². The number of amides is 1.